The number of aromatic nitrogens is 1. The molecular formula is C27H33IN4O2. The number of amides is 2. The Morgan fingerprint density at radius 2 is 1.68 bits per heavy atom. The molecule has 3 heterocycles. The van der Waals surface area contributed by atoms with Crippen molar-refractivity contribution >= 4 is 40.2 Å². The number of hydrogen-bond acceptors (Lipinski definition) is 4. The van der Waals surface area contributed by atoms with Crippen molar-refractivity contribution in [3.05, 3.63) is 59.8 Å². The van der Waals surface area contributed by atoms with E-state index in [0.717, 1.165) is 56.8 Å². The van der Waals surface area contributed by atoms with Gasteiger partial charge in [0.15, 0.2) is 0 Å². The smallest absolute Gasteiger partial charge is 0.238 e. The summed E-state index contributed by atoms with van der Waals surface area (Å²) in [5, 5.41) is 0. The monoisotopic (exact) mass is 572 g/mol. The van der Waals surface area contributed by atoms with Gasteiger partial charge in [0, 0.05) is 51.4 Å². The summed E-state index contributed by atoms with van der Waals surface area (Å²) in [5.41, 5.74) is 2.00. The quantitative estimate of drug-likeness (QED) is 0.402. The number of nitrogens with zero attached hydrogens (tertiary/aromatic N) is 4. The first-order chi connectivity index (χ1) is 16.3. The zero-order valence-electron chi connectivity index (χ0n) is 20.0. The minimum absolute atomic E-state index is 0.196. The van der Waals surface area contributed by atoms with Crippen LogP contribution in [0.2, 0.25) is 0 Å². The lowest BCUT2D eigenvalue weighted by atomic mass is 9.95. The predicted molar refractivity (Wildman–Crippen MR) is 142 cm³/mol. The first-order valence-electron chi connectivity index (χ1n) is 12.3. The Hall–Kier alpha value is -2.16. The minimum Gasteiger partial charge on any atom is -0.353 e. The van der Waals surface area contributed by atoms with Crippen LogP contribution in [0.25, 0.3) is 0 Å². The second-order valence-electron chi connectivity index (χ2n) is 10.4. The fourth-order valence-electron chi connectivity index (χ4n) is 5.37. The van der Waals surface area contributed by atoms with Crippen LogP contribution in [0.1, 0.15) is 50.2 Å². The molecule has 2 aliphatic heterocycles. The lowest BCUT2D eigenvalue weighted by Gasteiger charge is -2.37. The highest BCUT2D eigenvalue weighted by molar-refractivity contribution is 14.1. The van der Waals surface area contributed by atoms with Crippen molar-refractivity contribution in [2.45, 2.75) is 47.9 Å². The van der Waals surface area contributed by atoms with Gasteiger partial charge in [0.2, 0.25) is 11.8 Å². The van der Waals surface area contributed by atoms with Gasteiger partial charge in [-0.3, -0.25) is 9.59 Å². The maximum Gasteiger partial charge on any atom is 0.238 e. The fourth-order valence-corrected chi connectivity index (χ4v) is 5.71. The molecule has 2 amide bonds. The molecule has 0 bridgehead atoms. The third-order valence-electron chi connectivity index (χ3n) is 7.61. The molecule has 1 aromatic carbocycles. The number of halogens is 1. The van der Waals surface area contributed by atoms with E-state index in [1.807, 2.05) is 31.0 Å². The minimum atomic E-state index is -0.381. The van der Waals surface area contributed by atoms with E-state index in [9.17, 15) is 9.59 Å². The lowest BCUT2D eigenvalue weighted by Crippen LogP contribution is -2.52. The molecule has 3 fully saturated rings. The number of pyridine rings is 1. The van der Waals surface area contributed by atoms with Crippen molar-refractivity contribution in [3.63, 3.8) is 0 Å². The molecule has 1 aromatic heterocycles. The SMILES string of the molecule is CC(C)(I)C(=O)N1CCN(c2ccc(C3(C(=O)N4CCC(c5ccccc5)C4)CC3)cn2)CC1. The molecule has 0 radical (unpaired) electrons. The third kappa shape index (κ3) is 4.55. The molecule has 6 nitrogen and oxygen atoms in total. The number of carbonyl (C=O) groups is 2. The first-order valence-corrected chi connectivity index (χ1v) is 13.4. The number of likely N-dealkylation sites (tertiary alicyclic amines) is 1. The summed E-state index contributed by atoms with van der Waals surface area (Å²) in [6, 6.07) is 14.7. The number of rotatable bonds is 5. The van der Waals surface area contributed by atoms with Gasteiger partial charge in [0.25, 0.3) is 0 Å². The summed E-state index contributed by atoms with van der Waals surface area (Å²) >= 11 is 2.21. The highest BCUT2D eigenvalue weighted by Gasteiger charge is 2.54. The summed E-state index contributed by atoms with van der Waals surface area (Å²) in [6.07, 6.45) is 4.77. The summed E-state index contributed by atoms with van der Waals surface area (Å²) in [6.45, 7) is 8.56. The van der Waals surface area contributed by atoms with Crippen LogP contribution in [0.5, 0.6) is 0 Å². The number of hydrogen-bond donors (Lipinski definition) is 0. The van der Waals surface area contributed by atoms with Crippen LogP contribution >= 0.6 is 22.6 Å². The Bertz CT molecular complexity index is 1040. The average molecular weight is 572 g/mol. The standard InChI is InChI=1S/C27H33IN4O2/c1-26(2,28)24(33)31-16-14-30(15-17-31)23-9-8-22(18-29-23)27(11-12-27)25(34)32-13-10-21(19-32)20-6-4-3-5-7-20/h3-9,18,21H,10-17,19H2,1-2H3. The fraction of sp³-hybridized carbons (Fsp3) is 0.519. The van der Waals surface area contributed by atoms with Gasteiger partial charge in [-0.1, -0.05) is 59.0 Å². The van der Waals surface area contributed by atoms with E-state index in [1.54, 1.807) is 0 Å². The van der Waals surface area contributed by atoms with E-state index in [-0.39, 0.29) is 20.7 Å². The molecule has 5 rings (SSSR count). The highest BCUT2D eigenvalue weighted by Crippen LogP contribution is 2.50. The van der Waals surface area contributed by atoms with Gasteiger partial charge >= 0.3 is 0 Å². The first kappa shape index (κ1) is 23.6. The van der Waals surface area contributed by atoms with Crippen molar-refractivity contribution in [2.24, 2.45) is 0 Å². The molecule has 180 valence electrons. The van der Waals surface area contributed by atoms with Gasteiger partial charge < -0.3 is 14.7 Å². The molecule has 1 unspecified atom stereocenters. The summed E-state index contributed by atoms with van der Waals surface area (Å²) in [5.74, 6) is 1.83. The highest BCUT2D eigenvalue weighted by atomic mass is 127. The maximum absolute atomic E-state index is 13.5. The Kier molecular flexibility index (Phi) is 6.33. The van der Waals surface area contributed by atoms with Crippen LogP contribution in [0.4, 0.5) is 5.82 Å². The molecule has 3 aliphatic rings. The van der Waals surface area contributed by atoms with Gasteiger partial charge in [0.05, 0.1) is 8.84 Å². The van der Waals surface area contributed by atoms with Crippen molar-refractivity contribution in [1.82, 2.24) is 14.8 Å². The van der Waals surface area contributed by atoms with Crippen LogP contribution in [-0.2, 0) is 15.0 Å². The number of piperazine rings is 1. The van der Waals surface area contributed by atoms with E-state index >= 15 is 0 Å². The molecular weight excluding hydrogens is 539 g/mol. The van der Waals surface area contributed by atoms with Gasteiger partial charge in [-0.2, -0.15) is 0 Å². The Balaban J connectivity index is 1.21. The van der Waals surface area contributed by atoms with E-state index in [0.29, 0.717) is 19.0 Å². The zero-order chi connectivity index (χ0) is 23.9. The normalized spacial score (nSPS) is 22.1. The molecule has 34 heavy (non-hydrogen) atoms. The summed E-state index contributed by atoms with van der Waals surface area (Å²) in [7, 11) is 0. The number of anilines is 1. The van der Waals surface area contributed by atoms with Crippen LogP contribution in [0.15, 0.2) is 48.7 Å². The van der Waals surface area contributed by atoms with E-state index in [1.165, 1.54) is 5.56 Å². The van der Waals surface area contributed by atoms with E-state index in [4.69, 9.17) is 4.98 Å². The van der Waals surface area contributed by atoms with Crippen molar-refractivity contribution < 1.29 is 9.59 Å². The second kappa shape index (κ2) is 9.13. The predicted octanol–water partition coefficient (Wildman–Crippen LogP) is 3.99. The molecule has 2 saturated heterocycles. The van der Waals surface area contributed by atoms with Crippen LogP contribution in [0.3, 0.4) is 0 Å². The lowest BCUT2D eigenvalue weighted by molar-refractivity contribution is -0.133. The molecule has 1 aliphatic carbocycles. The van der Waals surface area contributed by atoms with Crippen molar-refractivity contribution in [3.8, 4) is 0 Å². The molecule has 1 atom stereocenters. The molecule has 0 spiro atoms. The number of benzene rings is 1. The third-order valence-corrected chi connectivity index (χ3v) is 8.07. The summed E-state index contributed by atoms with van der Waals surface area (Å²) < 4.78 is -0.374. The van der Waals surface area contributed by atoms with Gasteiger partial charge in [-0.15, -0.1) is 0 Å². The second-order valence-corrected chi connectivity index (χ2v) is 13.1. The Morgan fingerprint density at radius 3 is 2.26 bits per heavy atom. The average Bonchev–Trinajstić information content (AvgIpc) is 3.52. The van der Waals surface area contributed by atoms with Crippen LogP contribution in [0, 0.1) is 0 Å². The van der Waals surface area contributed by atoms with Crippen molar-refractivity contribution in [2.75, 3.05) is 44.2 Å². The molecule has 7 heteroatoms. The van der Waals surface area contributed by atoms with Crippen LogP contribution < -0.4 is 4.90 Å². The van der Waals surface area contributed by atoms with Gasteiger partial charge in [-0.05, 0) is 50.3 Å². The van der Waals surface area contributed by atoms with Crippen LogP contribution in [-0.4, -0.2) is 69.3 Å². The maximum atomic E-state index is 13.5. The van der Waals surface area contributed by atoms with E-state index < -0.39 is 0 Å². The Morgan fingerprint density at radius 1 is 0.971 bits per heavy atom. The Labute approximate surface area is 215 Å². The number of alkyl halides is 1. The topological polar surface area (TPSA) is 56.8 Å². The molecule has 1 saturated carbocycles. The van der Waals surface area contributed by atoms with Crippen molar-refractivity contribution in [1.29, 1.82) is 0 Å². The largest absolute Gasteiger partial charge is 0.353 e. The molecule has 0 N–H and O–H groups in total. The summed E-state index contributed by atoms with van der Waals surface area (Å²) in [4.78, 5) is 37.1. The number of carbonyl (C=O) groups excluding carboxylic acids is 2. The van der Waals surface area contributed by atoms with E-state index in [2.05, 4.69) is 68.8 Å². The zero-order valence-corrected chi connectivity index (χ0v) is 22.2. The molecule has 2 aromatic rings. The van der Waals surface area contributed by atoms with Gasteiger partial charge in [-0.25, -0.2) is 4.98 Å². The van der Waals surface area contributed by atoms with Gasteiger partial charge in [0.1, 0.15) is 5.82 Å².